The summed E-state index contributed by atoms with van der Waals surface area (Å²) in [7, 11) is 0. The van der Waals surface area contributed by atoms with Crippen molar-refractivity contribution in [1.29, 1.82) is 0 Å². The maximum absolute atomic E-state index is 13.9. The molecule has 0 radical (unpaired) electrons. The van der Waals surface area contributed by atoms with Gasteiger partial charge in [-0.25, -0.2) is 0 Å². The van der Waals surface area contributed by atoms with Crippen LogP contribution in [-0.2, 0) is 9.53 Å². The smallest absolute Gasteiger partial charge is 0.213 e. The van der Waals surface area contributed by atoms with Crippen molar-refractivity contribution in [3.63, 3.8) is 0 Å². The zero-order valence-electron chi connectivity index (χ0n) is 16.2. The molecule has 5 aliphatic rings. The molecule has 4 bridgehead atoms. The first-order chi connectivity index (χ1) is 12.7. The summed E-state index contributed by atoms with van der Waals surface area (Å²) in [5, 5.41) is 0. The van der Waals surface area contributed by atoms with Crippen LogP contribution in [-0.4, -0.2) is 28.4 Å². The van der Waals surface area contributed by atoms with Crippen LogP contribution in [0.4, 0.5) is 0 Å². The lowest BCUT2D eigenvalue weighted by Crippen LogP contribution is -2.68. The Bertz CT molecular complexity index is 949. The highest BCUT2D eigenvalue weighted by Gasteiger charge is 2.75. The van der Waals surface area contributed by atoms with Crippen LogP contribution in [0.25, 0.3) is 0 Å². The van der Waals surface area contributed by atoms with Crippen LogP contribution < -0.4 is 4.74 Å². The van der Waals surface area contributed by atoms with Gasteiger partial charge >= 0.3 is 0 Å². The average molecular weight is 364 g/mol. The zero-order valence-corrected chi connectivity index (χ0v) is 16.2. The Morgan fingerprint density at radius 3 is 2.70 bits per heavy atom. The summed E-state index contributed by atoms with van der Waals surface area (Å²) >= 11 is 0. The number of hydrogen-bond acceptors (Lipinski definition) is 4. The summed E-state index contributed by atoms with van der Waals surface area (Å²) in [4.78, 5) is 27.1. The Labute approximate surface area is 159 Å². The monoisotopic (exact) mass is 364 g/mol. The van der Waals surface area contributed by atoms with Crippen LogP contribution in [0, 0.1) is 11.8 Å². The van der Waals surface area contributed by atoms with Crippen LogP contribution in [0.15, 0.2) is 47.6 Å². The lowest BCUT2D eigenvalue weighted by Gasteiger charge is -2.53. The molecule has 4 atom stereocenters. The summed E-state index contributed by atoms with van der Waals surface area (Å²) in [6.07, 6.45) is 5.09. The topological polar surface area (TPSA) is 52.6 Å². The number of hydrogen-bond donors (Lipinski definition) is 0. The fourth-order valence-electron chi connectivity index (χ4n) is 5.59. The Morgan fingerprint density at radius 2 is 1.96 bits per heavy atom. The number of allylic oxidation sites excluding steroid dienone is 1. The number of Topliss-reactive ketones (excluding diaryl/α,β-unsaturated/α-hetero) is 2. The number of fused-ring (bicyclic) bond motifs is 1. The molecule has 2 fully saturated rings. The van der Waals surface area contributed by atoms with Crippen molar-refractivity contribution >= 4 is 11.6 Å². The van der Waals surface area contributed by atoms with E-state index in [0.717, 1.165) is 5.57 Å². The van der Waals surface area contributed by atoms with Gasteiger partial charge in [0.15, 0.2) is 11.4 Å². The Hall–Kier alpha value is -2.20. The van der Waals surface area contributed by atoms with Gasteiger partial charge in [-0.05, 0) is 39.8 Å². The summed E-state index contributed by atoms with van der Waals surface area (Å²) in [5.41, 5.74) is -0.392. The van der Waals surface area contributed by atoms with E-state index in [-0.39, 0.29) is 23.4 Å². The third kappa shape index (κ3) is 1.92. The van der Waals surface area contributed by atoms with Crippen molar-refractivity contribution in [2.24, 2.45) is 11.8 Å². The predicted molar refractivity (Wildman–Crippen MR) is 101 cm³/mol. The molecule has 2 heterocycles. The van der Waals surface area contributed by atoms with Crippen molar-refractivity contribution in [3.05, 3.63) is 53.1 Å². The molecule has 1 aromatic rings. The number of carbonyl (C=O) groups is 2. The molecule has 1 aromatic carbocycles. The highest BCUT2D eigenvalue weighted by molar-refractivity contribution is 6.20. The molecule has 4 nitrogen and oxygen atoms in total. The largest absolute Gasteiger partial charge is 0.474 e. The Balaban J connectivity index is 1.73. The summed E-state index contributed by atoms with van der Waals surface area (Å²) in [5.74, 6) is 0.389. The molecule has 1 spiro atoms. The van der Waals surface area contributed by atoms with E-state index in [1.165, 1.54) is 0 Å². The minimum Gasteiger partial charge on any atom is -0.474 e. The summed E-state index contributed by atoms with van der Waals surface area (Å²) < 4.78 is 12.9. The van der Waals surface area contributed by atoms with Gasteiger partial charge in [-0.1, -0.05) is 29.9 Å². The maximum atomic E-state index is 13.9. The SMILES string of the molecule is CC(C)=CC[C@]12OC(C)(C)C3C[C@@]4(Oc5ccccc5C(=O)C4=C[C@@H]31)C2=O. The van der Waals surface area contributed by atoms with E-state index in [9.17, 15) is 9.59 Å². The lowest BCUT2D eigenvalue weighted by molar-refractivity contribution is -0.165. The minimum atomic E-state index is -1.21. The van der Waals surface area contributed by atoms with Gasteiger partial charge < -0.3 is 9.47 Å². The first-order valence-electron chi connectivity index (χ1n) is 9.65. The molecule has 1 unspecified atom stereocenters. The molecular formula is C23H24O4. The van der Waals surface area contributed by atoms with E-state index >= 15 is 0 Å². The maximum Gasteiger partial charge on any atom is 0.213 e. The standard InChI is InChI=1S/C23H24O4/c1-13(2)9-10-22-15-11-16-19(24)14-7-5-6-8-18(14)26-23(16,20(22)25)12-17(15)21(3,4)27-22/h5-9,11,15,17H,10,12H2,1-4H3/t15-,17?,22-,23-/m0/s1. The molecular weight excluding hydrogens is 340 g/mol. The predicted octanol–water partition coefficient (Wildman–Crippen LogP) is 4.05. The van der Waals surface area contributed by atoms with Gasteiger partial charge in [-0.3, -0.25) is 9.59 Å². The van der Waals surface area contributed by atoms with Crippen molar-refractivity contribution < 1.29 is 19.1 Å². The quantitative estimate of drug-likeness (QED) is 0.743. The molecule has 140 valence electrons. The van der Waals surface area contributed by atoms with Crippen LogP contribution >= 0.6 is 0 Å². The molecule has 1 saturated heterocycles. The first-order valence-corrected chi connectivity index (χ1v) is 9.65. The number of rotatable bonds is 2. The van der Waals surface area contributed by atoms with Crippen molar-refractivity contribution in [1.82, 2.24) is 0 Å². The van der Waals surface area contributed by atoms with Crippen LogP contribution in [0.3, 0.4) is 0 Å². The Kier molecular flexibility index (Phi) is 3.13. The van der Waals surface area contributed by atoms with Crippen LogP contribution in [0.5, 0.6) is 5.75 Å². The molecule has 1 saturated carbocycles. The molecule has 2 aliphatic heterocycles. The fourth-order valence-corrected chi connectivity index (χ4v) is 5.59. The van der Waals surface area contributed by atoms with Gasteiger partial charge in [-0.15, -0.1) is 0 Å². The highest BCUT2D eigenvalue weighted by Crippen LogP contribution is 2.64. The average Bonchev–Trinajstić information content (AvgIpc) is 2.82. The van der Waals surface area contributed by atoms with Gasteiger partial charge in [0, 0.05) is 30.3 Å². The molecule has 27 heavy (non-hydrogen) atoms. The van der Waals surface area contributed by atoms with Gasteiger partial charge in [-0.2, -0.15) is 0 Å². The van der Waals surface area contributed by atoms with Crippen LogP contribution in [0.1, 0.15) is 50.9 Å². The van der Waals surface area contributed by atoms with Gasteiger partial charge in [0.1, 0.15) is 11.4 Å². The zero-order chi connectivity index (χ0) is 19.2. The second-order valence-electron chi connectivity index (χ2n) is 9.08. The second kappa shape index (κ2) is 4.99. The number of carbonyl (C=O) groups excluding carboxylic acids is 2. The Morgan fingerprint density at radius 1 is 1.22 bits per heavy atom. The van der Waals surface area contributed by atoms with Gasteiger partial charge in [0.2, 0.25) is 5.78 Å². The van der Waals surface area contributed by atoms with Crippen molar-refractivity contribution in [2.75, 3.05) is 0 Å². The van der Waals surface area contributed by atoms with Crippen LogP contribution in [0.2, 0.25) is 0 Å². The highest BCUT2D eigenvalue weighted by atomic mass is 16.6. The number of ketones is 2. The van der Waals surface area contributed by atoms with Crippen molar-refractivity contribution in [3.8, 4) is 5.75 Å². The van der Waals surface area contributed by atoms with Crippen molar-refractivity contribution in [2.45, 2.75) is 57.3 Å². The van der Waals surface area contributed by atoms with E-state index in [2.05, 4.69) is 19.9 Å². The molecule has 6 rings (SSSR count). The van der Waals surface area contributed by atoms with E-state index in [1.807, 2.05) is 32.1 Å². The molecule has 4 heteroatoms. The molecule has 0 amide bonds. The van der Waals surface area contributed by atoms with E-state index in [0.29, 0.717) is 29.7 Å². The third-order valence-electron chi connectivity index (χ3n) is 6.82. The third-order valence-corrected chi connectivity index (χ3v) is 6.82. The first kappa shape index (κ1) is 16.9. The molecule has 0 N–H and O–H groups in total. The summed E-state index contributed by atoms with van der Waals surface area (Å²) in [6.45, 7) is 8.16. The lowest BCUT2D eigenvalue weighted by atomic mass is 9.53. The van der Waals surface area contributed by atoms with E-state index < -0.39 is 16.8 Å². The molecule has 3 aliphatic carbocycles. The summed E-state index contributed by atoms with van der Waals surface area (Å²) in [6, 6.07) is 7.22. The van der Waals surface area contributed by atoms with E-state index in [1.54, 1.807) is 12.1 Å². The minimum absolute atomic E-state index is 0.0795. The number of ether oxygens (including phenoxy) is 2. The fraction of sp³-hybridized carbons (Fsp3) is 0.478. The van der Waals surface area contributed by atoms with E-state index in [4.69, 9.17) is 9.47 Å². The second-order valence-corrected chi connectivity index (χ2v) is 9.08. The number of benzene rings is 1. The van der Waals surface area contributed by atoms with Gasteiger partial charge in [0.05, 0.1) is 11.2 Å². The molecule has 0 aromatic heterocycles. The number of para-hydroxylation sites is 1. The van der Waals surface area contributed by atoms with Gasteiger partial charge in [0.25, 0.3) is 0 Å². The normalized spacial score (nSPS) is 37.3.